The molecule has 0 spiro atoms. The van der Waals surface area contributed by atoms with Gasteiger partial charge in [0.1, 0.15) is 11.7 Å². The Balaban J connectivity index is 0.000000438. The summed E-state index contributed by atoms with van der Waals surface area (Å²) in [6.45, 7) is 4.76. The van der Waals surface area contributed by atoms with Crippen LogP contribution in [0.4, 0.5) is 0 Å². The average Bonchev–Trinajstić information content (AvgIpc) is 3.01. The summed E-state index contributed by atoms with van der Waals surface area (Å²) in [7, 11) is 0. The van der Waals surface area contributed by atoms with Crippen LogP contribution in [0.5, 0.6) is 0 Å². The number of Topliss-reactive ketones (excluding diaryl/α,β-unsaturated/α-hetero) is 1. The van der Waals surface area contributed by atoms with E-state index >= 15 is 0 Å². The zero-order valence-electron chi connectivity index (χ0n) is 16.5. The Kier molecular flexibility index (Phi) is 7.47. The van der Waals surface area contributed by atoms with Crippen LogP contribution in [0.2, 0.25) is 0 Å². The minimum absolute atomic E-state index is 0.109. The molecule has 0 aromatic carbocycles. The van der Waals surface area contributed by atoms with Gasteiger partial charge in [0.25, 0.3) is 0 Å². The number of allylic oxidation sites excluding steroid dienone is 1. The smallest absolute Gasteiger partial charge is 0.325 e. The Morgan fingerprint density at radius 1 is 1.34 bits per heavy atom. The zero-order chi connectivity index (χ0) is 21.9. The number of fused-ring (bicyclic) bond motifs is 3. The molecule has 2 fully saturated rings. The highest BCUT2D eigenvalue weighted by atomic mass is 32.2. The zero-order valence-corrected chi connectivity index (χ0v) is 17.4. The van der Waals surface area contributed by atoms with Gasteiger partial charge >= 0.3 is 17.9 Å². The number of carboxylic acids is 1. The molecule has 1 heterocycles. The van der Waals surface area contributed by atoms with E-state index in [0.29, 0.717) is 17.6 Å². The maximum absolute atomic E-state index is 12.1. The molecule has 0 bridgehead atoms. The van der Waals surface area contributed by atoms with Crippen molar-refractivity contribution in [3.05, 3.63) is 11.1 Å². The first-order valence-corrected chi connectivity index (χ1v) is 10.3. The van der Waals surface area contributed by atoms with Crippen LogP contribution in [-0.2, 0) is 28.7 Å². The predicted molar refractivity (Wildman–Crippen MR) is 102 cm³/mol. The minimum atomic E-state index is -1.62. The van der Waals surface area contributed by atoms with Crippen molar-refractivity contribution in [2.45, 2.75) is 75.9 Å². The number of rotatable bonds is 4. The SMILES string of the molecule is CC(=O)OC1CCC2(O)C(OC(=O)C2SO)C2=C(C)C(=O)CC21.CCCC(=O)O. The molecular formula is C19H26O9S. The van der Waals surface area contributed by atoms with Crippen LogP contribution >= 0.6 is 12.0 Å². The number of ketones is 1. The van der Waals surface area contributed by atoms with Gasteiger partial charge in [-0.25, -0.2) is 0 Å². The maximum atomic E-state index is 12.1. The summed E-state index contributed by atoms with van der Waals surface area (Å²) >= 11 is 0.246. The van der Waals surface area contributed by atoms with E-state index in [4.69, 9.17) is 14.6 Å². The van der Waals surface area contributed by atoms with E-state index in [2.05, 4.69) is 0 Å². The normalized spacial score (nSPS) is 33.1. The third-order valence-electron chi connectivity index (χ3n) is 5.46. The van der Waals surface area contributed by atoms with Gasteiger partial charge < -0.3 is 24.2 Å². The molecule has 0 aromatic rings. The number of hydrogen-bond acceptors (Lipinski definition) is 9. The number of carboxylic acid groups (broad SMARTS) is 1. The molecule has 5 unspecified atom stereocenters. The van der Waals surface area contributed by atoms with Crippen molar-refractivity contribution in [2.75, 3.05) is 0 Å². The Hall–Kier alpha value is -1.91. The fourth-order valence-electron chi connectivity index (χ4n) is 4.12. The van der Waals surface area contributed by atoms with Crippen molar-refractivity contribution in [1.29, 1.82) is 0 Å². The lowest BCUT2D eigenvalue weighted by Crippen LogP contribution is -2.46. The molecule has 0 amide bonds. The molecule has 1 aliphatic heterocycles. The summed E-state index contributed by atoms with van der Waals surface area (Å²) in [6, 6.07) is 0. The quantitative estimate of drug-likeness (QED) is 0.445. The van der Waals surface area contributed by atoms with E-state index in [1.165, 1.54) is 6.92 Å². The van der Waals surface area contributed by atoms with Crippen molar-refractivity contribution in [3.8, 4) is 0 Å². The van der Waals surface area contributed by atoms with Crippen molar-refractivity contribution in [2.24, 2.45) is 5.92 Å². The van der Waals surface area contributed by atoms with E-state index in [9.17, 15) is 28.8 Å². The molecule has 3 aliphatic rings. The summed E-state index contributed by atoms with van der Waals surface area (Å²) < 4.78 is 20.0. The van der Waals surface area contributed by atoms with Gasteiger partial charge in [0, 0.05) is 37.7 Å². The standard InChI is InChI=1S/C15H18O7S.C4H8O2/c1-6-9(17)5-8-10(21-7(2)16)3-4-15(19)12(11(6)8)22-14(18)13(15)23-20;1-2-3-4(5)6/h8,10,12-13,19-20H,3-5H2,1-2H3;2-3H2,1H3,(H,5,6). The van der Waals surface area contributed by atoms with Gasteiger partial charge in [-0.1, -0.05) is 6.92 Å². The number of carbonyl (C=O) groups is 4. The van der Waals surface area contributed by atoms with E-state index in [0.717, 1.165) is 6.42 Å². The van der Waals surface area contributed by atoms with Gasteiger partial charge in [0.05, 0.1) is 0 Å². The van der Waals surface area contributed by atoms with Crippen molar-refractivity contribution in [3.63, 3.8) is 0 Å². The molecule has 3 rings (SSSR count). The lowest BCUT2D eigenvalue weighted by molar-refractivity contribution is -0.150. The molecule has 2 aliphatic carbocycles. The van der Waals surface area contributed by atoms with Gasteiger partial charge in [-0.15, -0.1) is 0 Å². The van der Waals surface area contributed by atoms with Gasteiger partial charge in [0.2, 0.25) is 0 Å². The number of aliphatic hydroxyl groups is 1. The summed E-state index contributed by atoms with van der Waals surface area (Å²) in [4.78, 5) is 45.1. The molecular weight excluding hydrogens is 404 g/mol. The monoisotopic (exact) mass is 430 g/mol. The fourth-order valence-corrected chi connectivity index (χ4v) is 4.68. The van der Waals surface area contributed by atoms with Crippen LogP contribution in [0.3, 0.4) is 0 Å². The molecule has 3 N–H and O–H groups in total. The van der Waals surface area contributed by atoms with Crippen LogP contribution in [-0.4, -0.2) is 61.5 Å². The number of carbonyl (C=O) groups excluding carboxylic acids is 3. The third-order valence-corrected chi connectivity index (χ3v) is 6.27. The maximum Gasteiger partial charge on any atom is 0.325 e. The molecule has 162 valence electrons. The second kappa shape index (κ2) is 9.27. The van der Waals surface area contributed by atoms with Gasteiger partial charge in [-0.3, -0.25) is 19.2 Å². The lowest BCUT2D eigenvalue weighted by Gasteiger charge is -2.29. The molecule has 0 radical (unpaired) electrons. The van der Waals surface area contributed by atoms with E-state index < -0.39 is 46.9 Å². The van der Waals surface area contributed by atoms with Crippen molar-refractivity contribution >= 4 is 35.7 Å². The van der Waals surface area contributed by atoms with E-state index in [1.807, 2.05) is 6.92 Å². The Morgan fingerprint density at radius 2 is 2.00 bits per heavy atom. The molecule has 0 aromatic heterocycles. The number of aliphatic carboxylic acids is 1. The molecule has 29 heavy (non-hydrogen) atoms. The summed E-state index contributed by atoms with van der Waals surface area (Å²) in [5.41, 5.74) is -0.662. The van der Waals surface area contributed by atoms with Crippen LogP contribution in [0, 0.1) is 5.92 Å². The van der Waals surface area contributed by atoms with Gasteiger partial charge in [-0.05, 0) is 37.3 Å². The van der Waals surface area contributed by atoms with Crippen molar-refractivity contribution in [1.82, 2.24) is 0 Å². The predicted octanol–water partition coefficient (Wildman–Crippen LogP) is 1.72. The van der Waals surface area contributed by atoms with Crippen LogP contribution < -0.4 is 0 Å². The first-order valence-electron chi connectivity index (χ1n) is 9.42. The highest BCUT2D eigenvalue weighted by Gasteiger charge is 2.62. The first kappa shape index (κ1) is 23.4. The molecule has 9 nitrogen and oxygen atoms in total. The second-order valence-electron chi connectivity index (χ2n) is 7.44. The molecule has 1 saturated heterocycles. The van der Waals surface area contributed by atoms with Gasteiger partial charge in [-0.2, -0.15) is 0 Å². The largest absolute Gasteiger partial charge is 0.481 e. The Bertz CT molecular complexity index is 731. The lowest BCUT2D eigenvalue weighted by atomic mass is 9.85. The Labute approximate surface area is 172 Å². The average molecular weight is 430 g/mol. The van der Waals surface area contributed by atoms with Gasteiger partial charge in [0.15, 0.2) is 17.1 Å². The van der Waals surface area contributed by atoms with Crippen LogP contribution in [0.15, 0.2) is 11.1 Å². The summed E-state index contributed by atoms with van der Waals surface area (Å²) in [5, 5.41) is 17.8. The topological polar surface area (TPSA) is 147 Å². The van der Waals surface area contributed by atoms with Crippen LogP contribution in [0.25, 0.3) is 0 Å². The third kappa shape index (κ3) is 4.65. The molecule has 10 heteroatoms. The number of ether oxygens (including phenoxy) is 2. The molecule has 5 atom stereocenters. The Morgan fingerprint density at radius 3 is 2.48 bits per heavy atom. The first-order chi connectivity index (χ1) is 13.6. The highest BCUT2D eigenvalue weighted by Crippen LogP contribution is 2.50. The minimum Gasteiger partial charge on any atom is -0.481 e. The fraction of sp³-hybridized carbons (Fsp3) is 0.684. The van der Waals surface area contributed by atoms with Crippen LogP contribution in [0.1, 0.15) is 52.9 Å². The summed E-state index contributed by atoms with van der Waals surface area (Å²) in [5.74, 6) is -2.38. The van der Waals surface area contributed by atoms with E-state index in [-0.39, 0.29) is 37.1 Å². The van der Waals surface area contributed by atoms with Crippen molar-refractivity contribution < 1.29 is 43.4 Å². The molecule has 1 saturated carbocycles. The number of esters is 2. The highest BCUT2D eigenvalue weighted by molar-refractivity contribution is 7.95. The van der Waals surface area contributed by atoms with E-state index in [1.54, 1.807) is 6.92 Å². The second-order valence-corrected chi connectivity index (χ2v) is 8.12. The summed E-state index contributed by atoms with van der Waals surface area (Å²) in [6.07, 6.45) is 0.0594. The number of hydrogen-bond donors (Lipinski definition) is 3.